The molecule has 1 saturated carbocycles. The van der Waals surface area contributed by atoms with E-state index in [1.54, 1.807) is 0 Å². The van der Waals surface area contributed by atoms with Gasteiger partial charge in [0.15, 0.2) is 0 Å². The lowest BCUT2D eigenvalue weighted by Gasteiger charge is -2.13. The molecule has 122 valence electrons. The van der Waals surface area contributed by atoms with Crippen LogP contribution in [0.15, 0.2) is 30.3 Å². The van der Waals surface area contributed by atoms with Gasteiger partial charge in [0.2, 0.25) is 0 Å². The highest BCUT2D eigenvalue weighted by atomic mass is 16.1. The zero-order chi connectivity index (χ0) is 16.6. The molecule has 0 aliphatic heterocycles. The van der Waals surface area contributed by atoms with Gasteiger partial charge in [-0.25, -0.2) is 4.68 Å². The van der Waals surface area contributed by atoms with Gasteiger partial charge in [-0.15, -0.1) is 0 Å². The molecule has 0 atom stereocenters. The molecule has 1 aromatic heterocycles. The van der Waals surface area contributed by atoms with Crippen molar-refractivity contribution in [3.63, 3.8) is 0 Å². The number of rotatable bonds is 5. The maximum Gasteiger partial charge on any atom is 0.255 e. The quantitative estimate of drug-likeness (QED) is 0.907. The Morgan fingerprint density at radius 2 is 1.78 bits per heavy atom. The van der Waals surface area contributed by atoms with Gasteiger partial charge in [-0.05, 0) is 36.8 Å². The zero-order valence-corrected chi connectivity index (χ0v) is 14.3. The Morgan fingerprint density at radius 1 is 1.13 bits per heavy atom. The van der Waals surface area contributed by atoms with Crippen LogP contribution in [0.25, 0.3) is 5.69 Å². The van der Waals surface area contributed by atoms with Gasteiger partial charge < -0.3 is 5.32 Å². The van der Waals surface area contributed by atoms with Crippen molar-refractivity contribution in [2.75, 3.05) is 0 Å². The topological polar surface area (TPSA) is 46.9 Å². The molecule has 23 heavy (non-hydrogen) atoms. The lowest BCUT2D eigenvalue weighted by Crippen LogP contribution is -2.27. The monoisotopic (exact) mass is 311 g/mol. The first-order chi connectivity index (χ1) is 11.0. The van der Waals surface area contributed by atoms with Gasteiger partial charge >= 0.3 is 0 Å². The van der Waals surface area contributed by atoms with E-state index in [1.807, 2.05) is 35.0 Å². The fraction of sp³-hybridized carbons (Fsp3) is 0.474. The van der Waals surface area contributed by atoms with Crippen LogP contribution in [0.2, 0.25) is 0 Å². The molecular weight excluding hydrogens is 286 g/mol. The number of nitrogens with one attached hydrogen (secondary N) is 1. The molecule has 1 heterocycles. The first-order valence-corrected chi connectivity index (χ1v) is 8.48. The number of amides is 1. The van der Waals surface area contributed by atoms with Crippen molar-refractivity contribution in [2.45, 2.75) is 58.4 Å². The van der Waals surface area contributed by atoms with E-state index < -0.39 is 0 Å². The third-order valence-corrected chi connectivity index (χ3v) is 4.18. The van der Waals surface area contributed by atoms with E-state index in [1.165, 1.54) is 0 Å². The summed E-state index contributed by atoms with van der Waals surface area (Å²) in [7, 11) is 0. The van der Waals surface area contributed by atoms with Gasteiger partial charge in [0.25, 0.3) is 5.91 Å². The Bertz CT molecular complexity index is 697. The number of carbonyl (C=O) groups excluding carboxylic acids is 1. The van der Waals surface area contributed by atoms with Crippen LogP contribution in [0.4, 0.5) is 0 Å². The van der Waals surface area contributed by atoms with Crippen LogP contribution < -0.4 is 5.32 Å². The summed E-state index contributed by atoms with van der Waals surface area (Å²) in [6, 6.07) is 10.4. The molecule has 1 aliphatic rings. The van der Waals surface area contributed by atoms with E-state index in [2.05, 4.69) is 33.0 Å². The average molecular weight is 311 g/mol. The Kier molecular flexibility index (Phi) is 4.24. The summed E-state index contributed by atoms with van der Waals surface area (Å²) < 4.78 is 1.95. The highest BCUT2D eigenvalue weighted by Crippen LogP contribution is 2.30. The van der Waals surface area contributed by atoms with Gasteiger partial charge in [0.05, 0.1) is 22.6 Å². The van der Waals surface area contributed by atoms with E-state index in [4.69, 9.17) is 5.10 Å². The molecule has 3 rings (SSSR count). The first-order valence-electron chi connectivity index (χ1n) is 8.48. The smallest absolute Gasteiger partial charge is 0.255 e. The summed E-state index contributed by atoms with van der Waals surface area (Å²) in [6.45, 7) is 8.42. The summed E-state index contributed by atoms with van der Waals surface area (Å²) in [6.07, 6.45) is 2.18. The Balaban J connectivity index is 2.15. The first kappa shape index (κ1) is 15.8. The molecule has 0 bridgehead atoms. The number of carbonyl (C=O) groups is 1. The second kappa shape index (κ2) is 6.19. The Labute approximate surface area is 137 Å². The van der Waals surface area contributed by atoms with Crippen molar-refractivity contribution < 1.29 is 4.79 Å². The lowest BCUT2D eigenvalue weighted by atomic mass is 9.98. The molecule has 0 saturated heterocycles. The number of para-hydroxylation sites is 1. The van der Waals surface area contributed by atoms with Crippen LogP contribution in [0.1, 0.15) is 74.1 Å². The van der Waals surface area contributed by atoms with Gasteiger partial charge in [0.1, 0.15) is 0 Å². The standard InChI is InChI=1S/C19H25N3O/c1-12(2)17-16(19(23)20-14-10-11-14)18(13(3)4)22(21-17)15-8-6-5-7-9-15/h5-9,12-14H,10-11H2,1-4H3,(H,20,23). The van der Waals surface area contributed by atoms with Crippen molar-refractivity contribution in [3.05, 3.63) is 47.3 Å². The van der Waals surface area contributed by atoms with Crippen LogP contribution in [0.3, 0.4) is 0 Å². The van der Waals surface area contributed by atoms with Crippen LogP contribution in [-0.4, -0.2) is 21.7 Å². The maximum absolute atomic E-state index is 12.8. The number of aromatic nitrogens is 2. The number of nitrogens with zero attached hydrogens (tertiary/aromatic N) is 2. The molecule has 4 nitrogen and oxygen atoms in total. The summed E-state index contributed by atoms with van der Waals surface area (Å²) in [5, 5.41) is 7.94. The highest BCUT2D eigenvalue weighted by Gasteiger charge is 2.31. The van der Waals surface area contributed by atoms with Crippen LogP contribution >= 0.6 is 0 Å². The molecule has 0 radical (unpaired) electrons. The molecule has 2 aromatic rings. The molecule has 1 fully saturated rings. The summed E-state index contributed by atoms with van der Waals surface area (Å²) >= 11 is 0. The highest BCUT2D eigenvalue weighted by molar-refractivity contribution is 5.97. The van der Waals surface area contributed by atoms with E-state index in [0.29, 0.717) is 6.04 Å². The minimum atomic E-state index is 0.0297. The van der Waals surface area contributed by atoms with Crippen LogP contribution in [-0.2, 0) is 0 Å². The minimum Gasteiger partial charge on any atom is -0.349 e. The van der Waals surface area contributed by atoms with Gasteiger partial charge in [-0.1, -0.05) is 45.9 Å². The predicted molar refractivity (Wildman–Crippen MR) is 92.2 cm³/mol. The number of benzene rings is 1. The molecule has 1 aromatic carbocycles. The SMILES string of the molecule is CC(C)c1nn(-c2ccccc2)c(C(C)C)c1C(=O)NC1CC1. The van der Waals surface area contributed by atoms with E-state index in [9.17, 15) is 4.79 Å². The van der Waals surface area contributed by atoms with Crippen molar-refractivity contribution in [1.29, 1.82) is 0 Å². The van der Waals surface area contributed by atoms with Gasteiger partial charge in [-0.3, -0.25) is 4.79 Å². The summed E-state index contributed by atoms with van der Waals surface area (Å²) in [4.78, 5) is 12.8. The van der Waals surface area contributed by atoms with Crippen molar-refractivity contribution >= 4 is 5.91 Å². The molecule has 4 heteroatoms. The fourth-order valence-electron chi connectivity index (χ4n) is 2.87. The lowest BCUT2D eigenvalue weighted by molar-refractivity contribution is 0.0948. The van der Waals surface area contributed by atoms with E-state index >= 15 is 0 Å². The molecule has 0 unspecified atom stereocenters. The van der Waals surface area contributed by atoms with Crippen molar-refractivity contribution in [2.24, 2.45) is 0 Å². The molecular formula is C19H25N3O. The maximum atomic E-state index is 12.8. The van der Waals surface area contributed by atoms with Crippen LogP contribution in [0.5, 0.6) is 0 Å². The summed E-state index contributed by atoms with van der Waals surface area (Å²) in [5.41, 5.74) is 3.66. The number of hydrogen-bond donors (Lipinski definition) is 1. The van der Waals surface area contributed by atoms with E-state index in [-0.39, 0.29) is 17.7 Å². The predicted octanol–water partition coefficient (Wildman–Crippen LogP) is 4.01. The third kappa shape index (κ3) is 3.16. The normalized spacial score (nSPS) is 14.5. The van der Waals surface area contributed by atoms with Crippen LogP contribution in [0, 0.1) is 0 Å². The zero-order valence-electron chi connectivity index (χ0n) is 14.3. The number of hydrogen-bond acceptors (Lipinski definition) is 2. The molecule has 1 amide bonds. The molecule has 1 aliphatic carbocycles. The largest absolute Gasteiger partial charge is 0.349 e. The van der Waals surface area contributed by atoms with Gasteiger partial charge in [0, 0.05) is 6.04 Å². The minimum absolute atomic E-state index is 0.0297. The average Bonchev–Trinajstić information content (AvgIpc) is 3.22. The Morgan fingerprint density at radius 3 is 2.30 bits per heavy atom. The second-order valence-electron chi connectivity index (χ2n) is 6.95. The van der Waals surface area contributed by atoms with Crippen molar-refractivity contribution in [1.82, 2.24) is 15.1 Å². The van der Waals surface area contributed by atoms with E-state index in [0.717, 1.165) is 35.5 Å². The second-order valence-corrected chi connectivity index (χ2v) is 6.95. The third-order valence-electron chi connectivity index (χ3n) is 4.18. The fourth-order valence-corrected chi connectivity index (χ4v) is 2.87. The molecule has 1 N–H and O–H groups in total. The summed E-state index contributed by atoms with van der Waals surface area (Å²) in [5.74, 6) is 0.453. The van der Waals surface area contributed by atoms with Crippen molar-refractivity contribution in [3.8, 4) is 5.69 Å². The molecule has 0 spiro atoms. The Hall–Kier alpha value is -2.10. The van der Waals surface area contributed by atoms with Gasteiger partial charge in [-0.2, -0.15) is 5.10 Å².